The maximum atomic E-state index is 11.1. The standard InChI is InChI=1S/C20H39NO8/c1-12(2)20(29-14(5)11-22)18(19(27)15(6)28-13(3)4)21(9-7-16(23)24)10-8-17(25)26/h12-15,18-20,22,27H,7-11H2,1-6H3,(H,23,24)(H,25,26). The molecule has 0 saturated carbocycles. The number of carbonyl (C=O) groups is 2. The monoisotopic (exact) mass is 421 g/mol. The van der Waals surface area contributed by atoms with Gasteiger partial charge in [0.1, 0.15) is 0 Å². The Morgan fingerprint density at radius 2 is 1.38 bits per heavy atom. The van der Waals surface area contributed by atoms with Crippen LogP contribution in [-0.4, -0.2) is 93.5 Å². The molecule has 172 valence electrons. The number of carboxylic acids is 2. The third kappa shape index (κ3) is 10.9. The van der Waals surface area contributed by atoms with Crippen LogP contribution in [0.5, 0.6) is 0 Å². The number of nitrogens with zero attached hydrogens (tertiary/aromatic N) is 1. The number of aliphatic hydroxyl groups excluding tert-OH is 2. The molecule has 29 heavy (non-hydrogen) atoms. The Bertz CT molecular complexity index is 467. The average molecular weight is 422 g/mol. The van der Waals surface area contributed by atoms with Gasteiger partial charge in [0, 0.05) is 13.1 Å². The second kappa shape index (κ2) is 13.9. The fourth-order valence-corrected chi connectivity index (χ4v) is 3.24. The van der Waals surface area contributed by atoms with Gasteiger partial charge < -0.3 is 29.9 Å². The summed E-state index contributed by atoms with van der Waals surface area (Å²) in [5.41, 5.74) is 0. The number of hydrogen-bond acceptors (Lipinski definition) is 7. The maximum Gasteiger partial charge on any atom is 0.304 e. The first-order chi connectivity index (χ1) is 13.4. The van der Waals surface area contributed by atoms with Gasteiger partial charge in [0.25, 0.3) is 0 Å². The molecule has 0 saturated heterocycles. The molecule has 0 spiro atoms. The number of aliphatic carboxylic acids is 2. The van der Waals surface area contributed by atoms with E-state index >= 15 is 0 Å². The molecule has 0 amide bonds. The lowest BCUT2D eigenvalue weighted by atomic mass is 9.90. The molecule has 0 aromatic rings. The molecule has 5 unspecified atom stereocenters. The summed E-state index contributed by atoms with van der Waals surface area (Å²) >= 11 is 0. The Labute approximate surface area is 173 Å². The topological polar surface area (TPSA) is 137 Å². The predicted octanol–water partition coefficient (Wildman–Crippen LogP) is 1.20. The molecule has 0 aliphatic rings. The van der Waals surface area contributed by atoms with Gasteiger partial charge in [-0.1, -0.05) is 13.8 Å². The molecule has 0 heterocycles. The van der Waals surface area contributed by atoms with E-state index in [0.717, 1.165) is 0 Å². The maximum absolute atomic E-state index is 11.1. The Morgan fingerprint density at radius 1 is 0.897 bits per heavy atom. The van der Waals surface area contributed by atoms with Gasteiger partial charge in [-0.05, 0) is 33.6 Å². The van der Waals surface area contributed by atoms with Crippen molar-refractivity contribution in [2.45, 2.75) is 90.9 Å². The van der Waals surface area contributed by atoms with Crippen molar-refractivity contribution in [2.75, 3.05) is 19.7 Å². The summed E-state index contributed by atoms with van der Waals surface area (Å²) < 4.78 is 11.7. The van der Waals surface area contributed by atoms with Gasteiger partial charge in [0.15, 0.2) is 0 Å². The molecule has 0 aliphatic heterocycles. The van der Waals surface area contributed by atoms with Crippen molar-refractivity contribution in [1.29, 1.82) is 0 Å². The molecule has 4 N–H and O–H groups in total. The van der Waals surface area contributed by atoms with E-state index in [1.165, 1.54) is 0 Å². The third-order valence-electron chi connectivity index (χ3n) is 4.61. The van der Waals surface area contributed by atoms with Crippen molar-refractivity contribution in [1.82, 2.24) is 4.90 Å². The number of aliphatic hydroxyl groups is 2. The molecule has 0 aliphatic carbocycles. The SMILES string of the molecule is CC(C)OC(C)C(O)C(C(OC(C)CO)C(C)C)N(CCC(=O)O)CCC(=O)O. The van der Waals surface area contributed by atoms with Crippen LogP contribution in [0.25, 0.3) is 0 Å². The Hall–Kier alpha value is -1.26. The first-order valence-electron chi connectivity index (χ1n) is 10.2. The molecule has 9 heteroatoms. The van der Waals surface area contributed by atoms with Gasteiger partial charge in [0.2, 0.25) is 0 Å². The van der Waals surface area contributed by atoms with Crippen LogP contribution in [0.4, 0.5) is 0 Å². The Morgan fingerprint density at radius 3 is 1.72 bits per heavy atom. The molecule has 0 rings (SSSR count). The zero-order chi connectivity index (χ0) is 22.7. The summed E-state index contributed by atoms with van der Waals surface area (Å²) in [6, 6.07) is -0.712. The number of rotatable bonds is 16. The highest BCUT2D eigenvalue weighted by Gasteiger charge is 2.40. The van der Waals surface area contributed by atoms with E-state index in [2.05, 4.69) is 0 Å². The fourth-order valence-electron chi connectivity index (χ4n) is 3.24. The van der Waals surface area contributed by atoms with Crippen molar-refractivity contribution >= 4 is 11.9 Å². The first-order valence-corrected chi connectivity index (χ1v) is 10.2. The van der Waals surface area contributed by atoms with E-state index in [9.17, 15) is 19.8 Å². The van der Waals surface area contributed by atoms with Gasteiger partial charge >= 0.3 is 11.9 Å². The van der Waals surface area contributed by atoms with Crippen LogP contribution < -0.4 is 0 Å². The van der Waals surface area contributed by atoms with E-state index < -0.39 is 42.4 Å². The van der Waals surface area contributed by atoms with E-state index in [4.69, 9.17) is 19.7 Å². The lowest BCUT2D eigenvalue weighted by Crippen LogP contribution is -2.58. The minimum atomic E-state index is -1.06. The molecule has 0 radical (unpaired) electrons. The van der Waals surface area contributed by atoms with Gasteiger partial charge in [0.05, 0.1) is 56.0 Å². The summed E-state index contributed by atoms with van der Waals surface area (Å²) in [6.07, 6.45) is -3.27. The molecular formula is C20H39NO8. The molecule has 5 atom stereocenters. The highest BCUT2D eigenvalue weighted by Crippen LogP contribution is 2.25. The van der Waals surface area contributed by atoms with Gasteiger partial charge in [-0.15, -0.1) is 0 Å². The molecule has 0 aromatic carbocycles. The molecular weight excluding hydrogens is 382 g/mol. The van der Waals surface area contributed by atoms with Crippen molar-refractivity contribution in [3.05, 3.63) is 0 Å². The third-order valence-corrected chi connectivity index (χ3v) is 4.61. The summed E-state index contributed by atoms with van der Waals surface area (Å²) in [5, 5.41) is 38.8. The van der Waals surface area contributed by atoms with Gasteiger partial charge in [-0.2, -0.15) is 0 Å². The minimum Gasteiger partial charge on any atom is -0.481 e. The zero-order valence-electron chi connectivity index (χ0n) is 18.4. The Kier molecular flexibility index (Phi) is 13.3. The minimum absolute atomic E-state index is 0.0544. The zero-order valence-corrected chi connectivity index (χ0v) is 18.4. The number of hydrogen-bond donors (Lipinski definition) is 4. The van der Waals surface area contributed by atoms with Crippen molar-refractivity contribution < 1.29 is 39.5 Å². The van der Waals surface area contributed by atoms with Gasteiger partial charge in [-0.3, -0.25) is 14.5 Å². The average Bonchev–Trinajstić information content (AvgIpc) is 2.60. The van der Waals surface area contributed by atoms with E-state index in [0.29, 0.717) is 0 Å². The first kappa shape index (κ1) is 27.7. The second-order valence-corrected chi connectivity index (χ2v) is 8.03. The van der Waals surface area contributed by atoms with Crippen LogP contribution in [0.3, 0.4) is 0 Å². The molecule has 0 bridgehead atoms. The van der Waals surface area contributed by atoms with Crippen molar-refractivity contribution in [3.8, 4) is 0 Å². The van der Waals surface area contributed by atoms with E-state index in [1.54, 1.807) is 18.7 Å². The normalized spacial score (nSPS) is 17.3. The van der Waals surface area contributed by atoms with Crippen LogP contribution in [0.15, 0.2) is 0 Å². The highest BCUT2D eigenvalue weighted by molar-refractivity contribution is 5.67. The van der Waals surface area contributed by atoms with Crippen LogP contribution in [-0.2, 0) is 19.1 Å². The summed E-state index contributed by atoms with van der Waals surface area (Å²) in [5.74, 6) is -2.13. The van der Waals surface area contributed by atoms with E-state index in [-0.39, 0.29) is 44.6 Å². The fraction of sp³-hybridized carbons (Fsp3) is 0.900. The highest BCUT2D eigenvalue weighted by atomic mass is 16.5. The van der Waals surface area contributed by atoms with Crippen molar-refractivity contribution in [3.63, 3.8) is 0 Å². The van der Waals surface area contributed by atoms with Gasteiger partial charge in [-0.25, -0.2) is 0 Å². The quantitative estimate of drug-likeness (QED) is 0.290. The summed E-state index contributed by atoms with van der Waals surface area (Å²) in [4.78, 5) is 23.9. The molecule has 9 nitrogen and oxygen atoms in total. The molecule has 0 aromatic heterocycles. The summed E-state index contributed by atoms with van der Waals surface area (Å²) in [6.45, 7) is 10.8. The largest absolute Gasteiger partial charge is 0.481 e. The lowest BCUT2D eigenvalue weighted by molar-refractivity contribution is -0.153. The van der Waals surface area contributed by atoms with Crippen LogP contribution in [0.2, 0.25) is 0 Å². The van der Waals surface area contributed by atoms with Crippen LogP contribution in [0, 0.1) is 5.92 Å². The second-order valence-electron chi connectivity index (χ2n) is 8.03. The lowest BCUT2D eigenvalue weighted by Gasteiger charge is -2.43. The van der Waals surface area contributed by atoms with E-state index in [1.807, 2.05) is 27.7 Å². The van der Waals surface area contributed by atoms with Crippen LogP contribution >= 0.6 is 0 Å². The van der Waals surface area contributed by atoms with Crippen LogP contribution in [0.1, 0.15) is 54.4 Å². The smallest absolute Gasteiger partial charge is 0.304 e. The molecule has 0 fully saturated rings. The summed E-state index contributed by atoms with van der Waals surface area (Å²) in [7, 11) is 0. The Balaban J connectivity index is 5.97. The number of carboxylic acid groups (broad SMARTS) is 2. The predicted molar refractivity (Wildman–Crippen MR) is 108 cm³/mol. The van der Waals surface area contributed by atoms with Crippen molar-refractivity contribution in [2.24, 2.45) is 5.92 Å². The number of ether oxygens (including phenoxy) is 2.